The minimum Gasteiger partial charge on any atom is -0.355 e. The zero-order valence-corrected chi connectivity index (χ0v) is 17.4. The van der Waals surface area contributed by atoms with Crippen LogP contribution in [0.4, 0.5) is 5.82 Å². The number of unbranched alkanes of at least 4 members (excludes halogenated alkanes) is 3. The first kappa shape index (κ1) is 21.3. The molecule has 0 aliphatic carbocycles. The Bertz CT molecular complexity index is 567. The van der Waals surface area contributed by atoms with Gasteiger partial charge in [-0.3, -0.25) is 4.79 Å². The van der Waals surface area contributed by atoms with E-state index in [-0.39, 0.29) is 5.91 Å². The maximum atomic E-state index is 12.0. The maximum absolute atomic E-state index is 12.0. The van der Waals surface area contributed by atoms with Crippen LogP contribution in [0.5, 0.6) is 0 Å². The summed E-state index contributed by atoms with van der Waals surface area (Å²) >= 11 is 7.51. The molecule has 2 rings (SSSR count). The minimum atomic E-state index is 0.0215. The lowest BCUT2D eigenvalue weighted by atomic mass is 10.2. The van der Waals surface area contributed by atoms with Crippen molar-refractivity contribution in [1.82, 2.24) is 20.2 Å². The molecule has 1 fully saturated rings. The van der Waals surface area contributed by atoms with Gasteiger partial charge in [-0.05, 0) is 13.0 Å². The van der Waals surface area contributed by atoms with Crippen LogP contribution in [0.2, 0.25) is 5.15 Å². The third kappa shape index (κ3) is 7.29. The normalized spacial score (nSPS) is 15.3. The SMILES string of the molecule is CCCCCCNC(=O)CSc1nc(Cl)cc(N2CCN(CC)CC2)n1. The van der Waals surface area contributed by atoms with Crippen LogP contribution in [0.3, 0.4) is 0 Å². The van der Waals surface area contributed by atoms with Crippen LogP contribution in [0.25, 0.3) is 0 Å². The van der Waals surface area contributed by atoms with Gasteiger partial charge in [0.1, 0.15) is 11.0 Å². The average Bonchev–Trinajstić information content (AvgIpc) is 2.66. The van der Waals surface area contributed by atoms with Gasteiger partial charge in [-0.1, -0.05) is 56.5 Å². The van der Waals surface area contributed by atoms with Gasteiger partial charge in [0.15, 0.2) is 5.16 Å². The summed E-state index contributed by atoms with van der Waals surface area (Å²) in [4.78, 5) is 25.5. The molecule has 0 aromatic carbocycles. The minimum absolute atomic E-state index is 0.0215. The van der Waals surface area contributed by atoms with Crippen molar-refractivity contribution in [1.29, 1.82) is 0 Å². The molecule has 146 valence electrons. The lowest BCUT2D eigenvalue weighted by Gasteiger charge is -2.34. The van der Waals surface area contributed by atoms with E-state index in [1.165, 1.54) is 24.6 Å². The first-order valence-electron chi connectivity index (χ1n) is 9.53. The topological polar surface area (TPSA) is 61.4 Å². The number of amides is 1. The molecule has 0 radical (unpaired) electrons. The van der Waals surface area contributed by atoms with Gasteiger partial charge in [-0.15, -0.1) is 0 Å². The quantitative estimate of drug-likeness (QED) is 0.282. The molecule has 1 aromatic heterocycles. The van der Waals surface area contributed by atoms with E-state index < -0.39 is 0 Å². The Morgan fingerprint density at radius 1 is 1.19 bits per heavy atom. The summed E-state index contributed by atoms with van der Waals surface area (Å²) in [5.74, 6) is 1.19. The smallest absolute Gasteiger partial charge is 0.230 e. The molecule has 1 aliphatic heterocycles. The van der Waals surface area contributed by atoms with Crippen LogP contribution in [-0.4, -0.2) is 65.8 Å². The maximum Gasteiger partial charge on any atom is 0.230 e. The average molecular weight is 400 g/mol. The molecule has 1 saturated heterocycles. The van der Waals surface area contributed by atoms with Crippen molar-refractivity contribution < 1.29 is 4.79 Å². The van der Waals surface area contributed by atoms with Gasteiger partial charge in [0, 0.05) is 38.8 Å². The summed E-state index contributed by atoms with van der Waals surface area (Å²) in [7, 11) is 0. The number of nitrogens with one attached hydrogen (secondary N) is 1. The summed E-state index contributed by atoms with van der Waals surface area (Å²) in [6.45, 7) is 10.1. The highest BCUT2D eigenvalue weighted by molar-refractivity contribution is 7.99. The number of halogens is 1. The predicted octanol–water partition coefficient (Wildman–Crippen LogP) is 3.06. The number of hydrogen-bond donors (Lipinski definition) is 1. The zero-order valence-electron chi connectivity index (χ0n) is 15.8. The molecule has 0 saturated carbocycles. The number of rotatable bonds is 10. The van der Waals surface area contributed by atoms with Crippen LogP contribution in [0, 0.1) is 0 Å². The predicted molar refractivity (Wildman–Crippen MR) is 109 cm³/mol. The van der Waals surface area contributed by atoms with Crippen molar-refractivity contribution in [2.24, 2.45) is 0 Å². The number of thioether (sulfide) groups is 1. The van der Waals surface area contributed by atoms with E-state index in [0.29, 0.717) is 16.1 Å². The Morgan fingerprint density at radius 2 is 1.96 bits per heavy atom. The number of carbonyl (C=O) groups is 1. The van der Waals surface area contributed by atoms with E-state index in [1.807, 2.05) is 0 Å². The van der Waals surface area contributed by atoms with E-state index >= 15 is 0 Å². The fourth-order valence-electron chi connectivity index (χ4n) is 2.87. The summed E-state index contributed by atoms with van der Waals surface area (Å²) in [5, 5.41) is 3.94. The number of aromatic nitrogens is 2. The van der Waals surface area contributed by atoms with E-state index in [2.05, 4.69) is 38.9 Å². The van der Waals surface area contributed by atoms with Crippen molar-refractivity contribution in [2.75, 3.05) is 49.9 Å². The second kappa shape index (κ2) is 11.6. The Kier molecular flexibility index (Phi) is 9.50. The van der Waals surface area contributed by atoms with Gasteiger partial charge >= 0.3 is 0 Å². The van der Waals surface area contributed by atoms with Crippen molar-refractivity contribution in [3.8, 4) is 0 Å². The van der Waals surface area contributed by atoms with Gasteiger partial charge < -0.3 is 15.1 Å². The molecule has 0 bridgehead atoms. The fourth-order valence-corrected chi connectivity index (χ4v) is 3.78. The molecule has 26 heavy (non-hydrogen) atoms. The first-order chi connectivity index (χ1) is 12.6. The molecule has 1 aromatic rings. The van der Waals surface area contributed by atoms with E-state index in [4.69, 9.17) is 11.6 Å². The molecule has 0 unspecified atom stereocenters. The Labute approximate surface area is 166 Å². The molecule has 1 amide bonds. The Balaban J connectivity index is 1.80. The lowest BCUT2D eigenvalue weighted by molar-refractivity contribution is -0.118. The van der Waals surface area contributed by atoms with E-state index in [9.17, 15) is 4.79 Å². The van der Waals surface area contributed by atoms with Crippen LogP contribution >= 0.6 is 23.4 Å². The summed E-state index contributed by atoms with van der Waals surface area (Å²) < 4.78 is 0. The van der Waals surface area contributed by atoms with Gasteiger partial charge in [0.2, 0.25) is 5.91 Å². The number of carbonyl (C=O) groups excluding carboxylic acids is 1. The number of anilines is 1. The van der Waals surface area contributed by atoms with E-state index in [1.54, 1.807) is 6.07 Å². The Hall–Kier alpha value is -1.05. The first-order valence-corrected chi connectivity index (χ1v) is 10.9. The molecule has 8 heteroatoms. The summed E-state index contributed by atoms with van der Waals surface area (Å²) in [6.07, 6.45) is 4.61. The standard InChI is InChI=1S/C18H30ClN5OS/c1-3-5-6-7-8-20-17(25)14-26-18-21-15(19)13-16(22-18)24-11-9-23(4-2)10-12-24/h13H,3-12,14H2,1-2H3,(H,20,25). The lowest BCUT2D eigenvalue weighted by Crippen LogP contribution is -2.46. The van der Waals surface area contributed by atoms with Crippen molar-refractivity contribution in [2.45, 2.75) is 44.7 Å². The molecule has 0 spiro atoms. The number of nitrogens with zero attached hydrogens (tertiary/aromatic N) is 4. The van der Waals surface area contributed by atoms with Crippen molar-refractivity contribution >= 4 is 35.1 Å². The fraction of sp³-hybridized carbons (Fsp3) is 0.722. The number of hydrogen-bond acceptors (Lipinski definition) is 6. The molecule has 6 nitrogen and oxygen atoms in total. The van der Waals surface area contributed by atoms with Gasteiger partial charge in [0.25, 0.3) is 0 Å². The second-order valence-corrected chi connectivity index (χ2v) is 7.78. The molecule has 1 N–H and O–H groups in total. The monoisotopic (exact) mass is 399 g/mol. The van der Waals surface area contributed by atoms with Gasteiger partial charge in [0.05, 0.1) is 5.75 Å². The molecular weight excluding hydrogens is 370 g/mol. The third-order valence-corrected chi connectivity index (χ3v) is 5.53. The second-order valence-electron chi connectivity index (χ2n) is 6.45. The van der Waals surface area contributed by atoms with Gasteiger partial charge in [-0.25, -0.2) is 9.97 Å². The molecular formula is C18H30ClN5OS. The van der Waals surface area contributed by atoms with Crippen LogP contribution < -0.4 is 10.2 Å². The Morgan fingerprint density at radius 3 is 2.65 bits per heavy atom. The van der Waals surface area contributed by atoms with Gasteiger partial charge in [-0.2, -0.15) is 0 Å². The van der Waals surface area contributed by atoms with Crippen molar-refractivity contribution in [3.05, 3.63) is 11.2 Å². The highest BCUT2D eigenvalue weighted by Crippen LogP contribution is 2.22. The number of piperazine rings is 1. The number of likely N-dealkylation sites (N-methyl/N-ethyl adjacent to an activating group) is 1. The summed E-state index contributed by atoms with van der Waals surface area (Å²) in [5.41, 5.74) is 0. The van der Waals surface area contributed by atoms with Crippen molar-refractivity contribution in [3.63, 3.8) is 0 Å². The highest BCUT2D eigenvalue weighted by atomic mass is 35.5. The highest BCUT2D eigenvalue weighted by Gasteiger charge is 2.18. The van der Waals surface area contributed by atoms with Crippen LogP contribution in [0.1, 0.15) is 39.5 Å². The third-order valence-electron chi connectivity index (χ3n) is 4.49. The van der Waals surface area contributed by atoms with Crippen LogP contribution in [-0.2, 0) is 4.79 Å². The molecule has 1 aliphatic rings. The largest absolute Gasteiger partial charge is 0.355 e. The van der Waals surface area contributed by atoms with Crippen LogP contribution in [0.15, 0.2) is 11.2 Å². The van der Waals surface area contributed by atoms with E-state index in [0.717, 1.165) is 57.9 Å². The summed E-state index contributed by atoms with van der Waals surface area (Å²) in [6, 6.07) is 1.81. The molecule has 2 heterocycles. The molecule has 0 atom stereocenters. The zero-order chi connectivity index (χ0) is 18.8.